The third kappa shape index (κ3) is 2.19. The number of ether oxygens (including phenoxy) is 1. The smallest absolute Gasteiger partial charge is 0.234 e. The SMILES string of the molecule is C#CCNCc1nn2c(COC)nnc2s1. The normalized spacial score (nSPS) is 10.8. The molecule has 0 amide bonds. The molecule has 0 saturated heterocycles. The molecule has 0 aliphatic carbocycles. The summed E-state index contributed by atoms with van der Waals surface area (Å²) in [6.07, 6.45) is 5.14. The molecule has 16 heavy (non-hydrogen) atoms. The fourth-order valence-electron chi connectivity index (χ4n) is 1.23. The Bertz CT molecular complexity index is 511. The van der Waals surface area contributed by atoms with Gasteiger partial charge in [0, 0.05) is 7.11 Å². The van der Waals surface area contributed by atoms with E-state index in [1.165, 1.54) is 11.3 Å². The van der Waals surface area contributed by atoms with Crippen molar-refractivity contribution in [2.75, 3.05) is 13.7 Å². The highest BCUT2D eigenvalue weighted by atomic mass is 32.1. The van der Waals surface area contributed by atoms with Gasteiger partial charge in [0.1, 0.15) is 11.6 Å². The second kappa shape index (κ2) is 5.03. The molecule has 0 bridgehead atoms. The van der Waals surface area contributed by atoms with E-state index in [1.54, 1.807) is 11.6 Å². The Morgan fingerprint density at radius 2 is 2.44 bits per heavy atom. The van der Waals surface area contributed by atoms with Crippen LogP contribution >= 0.6 is 11.3 Å². The molecule has 1 N–H and O–H groups in total. The topological polar surface area (TPSA) is 64.3 Å². The fourth-order valence-corrected chi connectivity index (χ4v) is 2.05. The lowest BCUT2D eigenvalue weighted by molar-refractivity contribution is 0.176. The highest BCUT2D eigenvalue weighted by molar-refractivity contribution is 7.16. The molecule has 84 valence electrons. The number of nitrogens with one attached hydrogen (secondary N) is 1. The summed E-state index contributed by atoms with van der Waals surface area (Å²) in [5.74, 6) is 3.21. The minimum atomic E-state index is 0.405. The molecule has 2 rings (SSSR count). The molecule has 0 aliphatic rings. The Labute approximate surface area is 96.6 Å². The van der Waals surface area contributed by atoms with Gasteiger partial charge >= 0.3 is 0 Å². The second-order valence-electron chi connectivity index (χ2n) is 3.05. The second-order valence-corrected chi connectivity index (χ2v) is 4.09. The van der Waals surface area contributed by atoms with E-state index in [4.69, 9.17) is 11.2 Å². The van der Waals surface area contributed by atoms with E-state index in [9.17, 15) is 0 Å². The Kier molecular flexibility index (Phi) is 3.46. The van der Waals surface area contributed by atoms with Gasteiger partial charge in [0.15, 0.2) is 5.82 Å². The molecule has 0 atom stereocenters. The summed E-state index contributed by atoms with van der Waals surface area (Å²) in [7, 11) is 1.61. The van der Waals surface area contributed by atoms with Crippen LogP contribution in [0.15, 0.2) is 0 Å². The summed E-state index contributed by atoms with van der Waals surface area (Å²) in [5, 5.41) is 16.3. The molecular weight excluding hydrogens is 226 g/mol. The van der Waals surface area contributed by atoms with Gasteiger partial charge in [-0.25, -0.2) is 0 Å². The monoisotopic (exact) mass is 237 g/mol. The summed E-state index contributed by atoms with van der Waals surface area (Å²) in [4.78, 5) is 0.768. The molecule has 0 radical (unpaired) electrons. The van der Waals surface area contributed by atoms with Gasteiger partial charge in [0.2, 0.25) is 4.96 Å². The number of hydrogen-bond donors (Lipinski definition) is 1. The van der Waals surface area contributed by atoms with Crippen molar-refractivity contribution in [1.29, 1.82) is 0 Å². The van der Waals surface area contributed by atoms with Crippen LogP contribution < -0.4 is 5.32 Å². The van der Waals surface area contributed by atoms with Crippen molar-refractivity contribution in [3.8, 4) is 12.3 Å². The number of rotatable bonds is 5. The van der Waals surface area contributed by atoms with E-state index in [0.29, 0.717) is 25.5 Å². The first-order chi connectivity index (χ1) is 7.85. The maximum absolute atomic E-state index is 5.14. The molecule has 0 unspecified atom stereocenters. The zero-order chi connectivity index (χ0) is 11.4. The fraction of sp³-hybridized carbons (Fsp3) is 0.444. The van der Waals surface area contributed by atoms with E-state index in [1.807, 2.05) is 0 Å². The van der Waals surface area contributed by atoms with Gasteiger partial charge in [0.05, 0.1) is 13.1 Å². The predicted octanol–water partition coefficient (Wildman–Crippen LogP) is 0.0550. The van der Waals surface area contributed by atoms with Gasteiger partial charge in [-0.3, -0.25) is 5.32 Å². The Morgan fingerprint density at radius 3 is 3.19 bits per heavy atom. The average Bonchev–Trinajstić information content (AvgIpc) is 2.81. The van der Waals surface area contributed by atoms with Crippen LogP contribution in [0, 0.1) is 12.3 Å². The first-order valence-electron chi connectivity index (χ1n) is 4.68. The van der Waals surface area contributed by atoms with E-state index >= 15 is 0 Å². The molecule has 0 fully saturated rings. The highest BCUT2D eigenvalue weighted by Crippen LogP contribution is 2.13. The minimum Gasteiger partial charge on any atom is -0.377 e. The van der Waals surface area contributed by atoms with Crippen molar-refractivity contribution in [1.82, 2.24) is 25.1 Å². The number of fused-ring (bicyclic) bond motifs is 1. The summed E-state index contributed by atoms with van der Waals surface area (Å²) < 4.78 is 6.70. The van der Waals surface area contributed by atoms with E-state index in [2.05, 4.69) is 26.5 Å². The quantitative estimate of drug-likeness (QED) is 0.588. The Morgan fingerprint density at radius 1 is 1.56 bits per heavy atom. The summed E-state index contributed by atoms with van der Waals surface area (Å²) in [5.41, 5.74) is 0. The number of methoxy groups -OCH3 is 1. The minimum absolute atomic E-state index is 0.405. The van der Waals surface area contributed by atoms with E-state index in [-0.39, 0.29) is 0 Å². The average molecular weight is 237 g/mol. The van der Waals surface area contributed by atoms with Crippen molar-refractivity contribution < 1.29 is 4.74 Å². The van der Waals surface area contributed by atoms with Gasteiger partial charge in [-0.1, -0.05) is 17.3 Å². The van der Waals surface area contributed by atoms with Crippen molar-refractivity contribution in [2.24, 2.45) is 0 Å². The van der Waals surface area contributed by atoms with Gasteiger partial charge in [-0.05, 0) is 0 Å². The van der Waals surface area contributed by atoms with Crippen LogP contribution in [0.25, 0.3) is 4.96 Å². The Balaban J connectivity index is 2.14. The lowest BCUT2D eigenvalue weighted by atomic mass is 10.6. The van der Waals surface area contributed by atoms with Crippen LogP contribution in [-0.4, -0.2) is 33.5 Å². The van der Waals surface area contributed by atoms with E-state index in [0.717, 1.165) is 9.97 Å². The van der Waals surface area contributed by atoms with E-state index < -0.39 is 0 Å². The Hall–Kier alpha value is -1.49. The molecule has 2 aromatic rings. The van der Waals surface area contributed by atoms with Gasteiger partial charge in [-0.15, -0.1) is 16.6 Å². The molecule has 0 aliphatic heterocycles. The number of terminal acetylenes is 1. The molecule has 7 heteroatoms. The summed E-state index contributed by atoms with van der Waals surface area (Å²) in [6, 6.07) is 0. The third-order valence-corrected chi connectivity index (χ3v) is 2.77. The first kappa shape index (κ1) is 11.0. The molecule has 0 aromatic carbocycles. The highest BCUT2D eigenvalue weighted by Gasteiger charge is 2.10. The molecular formula is C9H11N5OS. The zero-order valence-corrected chi connectivity index (χ0v) is 9.62. The lowest BCUT2D eigenvalue weighted by Crippen LogP contribution is -2.13. The number of hydrogen-bond acceptors (Lipinski definition) is 6. The van der Waals surface area contributed by atoms with Crippen LogP contribution in [0.3, 0.4) is 0 Å². The maximum atomic E-state index is 5.14. The van der Waals surface area contributed by atoms with Crippen molar-refractivity contribution in [3.63, 3.8) is 0 Å². The van der Waals surface area contributed by atoms with Crippen molar-refractivity contribution in [3.05, 3.63) is 10.8 Å². The molecule has 2 aromatic heterocycles. The number of nitrogens with zero attached hydrogens (tertiary/aromatic N) is 4. The zero-order valence-electron chi connectivity index (χ0n) is 8.80. The number of aromatic nitrogens is 4. The maximum Gasteiger partial charge on any atom is 0.234 e. The summed E-state index contributed by atoms with van der Waals surface area (Å²) >= 11 is 1.49. The van der Waals surface area contributed by atoms with Crippen LogP contribution in [0.2, 0.25) is 0 Å². The molecule has 2 heterocycles. The molecule has 0 spiro atoms. The van der Waals surface area contributed by atoms with Crippen LogP contribution in [0.4, 0.5) is 0 Å². The van der Waals surface area contributed by atoms with Crippen molar-refractivity contribution in [2.45, 2.75) is 13.2 Å². The van der Waals surface area contributed by atoms with Gasteiger partial charge in [-0.2, -0.15) is 9.61 Å². The van der Waals surface area contributed by atoms with Crippen molar-refractivity contribution >= 4 is 16.3 Å². The predicted molar refractivity (Wildman–Crippen MR) is 59.9 cm³/mol. The van der Waals surface area contributed by atoms with Gasteiger partial charge in [0.25, 0.3) is 0 Å². The van der Waals surface area contributed by atoms with Crippen LogP contribution in [-0.2, 0) is 17.9 Å². The summed E-state index contributed by atoms with van der Waals surface area (Å²) in [6.45, 7) is 1.58. The lowest BCUT2D eigenvalue weighted by Gasteiger charge is -1.95. The van der Waals surface area contributed by atoms with Crippen LogP contribution in [0.1, 0.15) is 10.8 Å². The molecule has 6 nitrogen and oxygen atoms in total. The van der Waals surface area contributed by atoms with Crippen LogP contribution in [0.5, 0.6) is 0 Å². The first-order valence-corrected chi connectivity index (χ1v) is 5.50. The standard InChI is InChI=1S/C9H11N5OS/c1-3-4-10-5-8-13-14-7(6-15-2)11-12-9(14)16-8/h1,10H,4-6H2,2H3. The largest absolute Gasteiger partial charge is 0.377 e. The molecule has 0 saturated carbocycles. The van der Waals surface area contributed by atoms with Gasteiger partial charge < -0.3 is 4.74 Å². The third-order valence-electron chi connectivity index (χ3n) is 1.87.